The third kappa shape index (κ3) is 5.80. The molecule has 2 heterocycles. The van der Waals surface area contributed by atoms with E-state index in [9.17, 15) is 9.18 Å². The van der Waals surface area contributed by atoms with Crippen LogP contribution in [0, 0.1) is 33.5 Å². The fraction of sp³-hybridized carbons (Fsp3) is 0.433. The molecule has 1 saturated heterocycles. The summed E-state index contributed by atoms with van der Waals surface area (Å²) in [5.74, 6) is 1.65. The van der Waals surface area contributed by atoms with Crippen molar-refractivity contribution in [3.05, 3.63) is 69.7 Å². The van der Waals surface area contributed by atoms with Crippen LogP contribution in [0.25, 0.3) is 11.4 Å². The number of rotatable bonds is 8. The number of amides is 1. The van der Waals surface area contributed by atoms with Crippen molar-refractivity contribution in [3.8, 4) is 17.1 Å². The summed E-state index contributed by atoms with van der Waals surface area (Å²) in [5.41, 5.74) is 11.9. The van der Waals surface area contributed by atoms with Crippen LogP contribution in [0.5, 0.6) is 5.75 Å². The van der Waals surface area contributed by atoms with Gasteiger partial charge in [-0.3, -0.25) is 9.69 Å². The first-order valence-corrected chi connectivity index (χ1v) is 13.2. The third-order valence-electron chi connectivity index (χ3n) is 7.42. The van der Waals surface area contributed by atoms with E-state index in [1.165, 1.54) is 6.07 Å². The summed E-state index contributed by atoms with van der Waals surface area (Å²) in [7, 11) is 0. The van der Waals surface area contributed by atoms with Crippen molar-refractivity contribution in [3.63, 3.8) is 0 Å². The molecule has 0 unspecified atom stereocenters. The van der Waals surface area contributed by atoms with Gasteiger partial charge in [0.1, 0.15) is 24.0 Å². The average Bonchev–Trinajstić information content (AvgIpc) is 2.85. The Labute approximate surface area is 224 Å². The van der Waals surface area contributed by atoms with Gasteiger partial charge < -0.3 is 15.4 Å². The van der Waals surface area contributed by atoms with Crippen LogP contribution in [0.1, 0.15) is 47.4 Å². The van der Waals surface area contributed by atoms with Crippen molar-refractivity contribution < 1.29 is 13.9 Å². The van der Waals surface area contributed by atoms with Gasteiger partial charge in [-0.25, -0.2) is 14.4 Å². The Morgan fingerprint density at radius 3 is 2.45 bits per heavy atom. The van der Waals surface area contributed by atoms with Gasteiger partial charge in [-0.15, -0.1) is 0 Å². The Morgan fingerprint density at radius 1 is 1.11 bits per heavy atom. The molecule has 4 rings (SSSR count). The molecule has 1 atom stereocenters. The summed E-state index contributed by atoms with van der Waals surface area (Å²) >= 11 is 0. The summed E-state index contributed by atoms with van der Waals surface area (Å²) in [6.07, 6.45) is 0.591. The molecule has 1 aromatic heterocycles. The third-order valence-corrected chi connectivity index (χ3v) is 7.42. The smallest absolute Gasteiger partial charge is 0.231 e. The lowest BCUT2D eigenvalue weighted by Crippen LogP contribution is -2.54. The van der Waals surface area contributed by atoms with Crippen molar-refractivity contribution in [2.24, 2.45) is 5.73 Å². The molecule has 7 nitrogen and oxygen atoms in total. The fourth-order valence-electron chi connectivity index (χ4n) is 5.18. The number of carbonyl (C=O) groups is 1. The van der Waals surface area contributed by atoms with Crippen molar-refractivity contribution in [1.29, 1.82) is 0 Å². The monoisotopic (exact) mass is 519 g/mol. The summed E-state index contributed by atoms with van der Waals surface area (Å²) in [4.78, 5) is 25.9. The predicted octanol–water partition coefficient (Wildman–Crippen LogP) is 4.65. The normalized spacial score (nSPS) is 16.1. The Hall–Kier alpha value is -3.52. The highest BCUT2D eigenvalue weighted by atomic mass is 19.1. The number of anilines is 1. The number of nitrogens with two attached hydrogens (primary N) is 1. The summed E-state index contributed by atoms with van der Waals surface area (Å²) in [6, 6.07) is 9.63. The Kier molecular flexibility index (Phi) is 8.31. The maximum absolute atomic E-state index is 14.3. The summed E-state index contributed by atoms with van der Waals surface area (Å²) < 4.78 is 20.5. The SMILES string of the molecule is CCc1cc(OCc2c(C)nc(-c3c(C)cccc3C)nc2N2CCN(CC(N)=O)[C@H](C)C2)c(C)cc1F. The highest BCUT2D eigenvalue weighted by molar-refractivity contribution is 5.76. The lowest BCUT2D eigenvalue weighted by atomic mass is 10.0. The van der Waals surface area contributed by atoms with Crippen LogP contribution >= 0.6 is 0 Å². The number of ether oxygens (including phenoxy) is 1. The maximum Gasteiger partial charge on any atom is 0.231 e. The molecule has 2 aromatic carbocycles. The number of piperazine rings is 1. The van der Waals surface area contributed by atoms with E-state index in [0.717, 1.165) is 39.3 Å². The van der Waals surface area contributed by atoms with Crippen LogP contribution in [-0.2, 0) is 17.8 Å². The van der Waals surface area contributed by atoms with E-state index in [2.05, 4.69) is 42.7 Å². The van der Waals surface area contributed by atoms with Gasteiger partial charge in [0.25, 0.3) is 0 Å². The molecule has 0 spiro atoms. The molecule has 0 bridgehead atoms. The highest BCUT2D eigenvalue weighted by Gasteiger charge is 2.28. The van der Waals surface area contributed by atoms with Crippen molar-refractivity contribution in [2.45, 2.75) is 60.6 Å². The number of hydrogen-bond acceptors (Lipinski definition) is 6. The first kappa shape index (κ1) is 27.5. The van der Waals surface area contributed by atoms with Crippen LogP contribution in [0.4, 0.5) is 10.2 Å². The fourth-order valence-corrected chi connectivity index (χ4v) is 5.18. The zero-order valence-electron chi connectivity index (χ0n) is 23.3. The van der Waals surface area contributed by atoms with Crippen LogP contribution in [0.15, 0.2) is 30.3 Å². The molecular formula is C30H38FN5O2. The van der Waals surface area contributed by atoms with E-state index < -0.39 is 0 Å². The summed E-state index contributed by atoms with van der Waals surface area (Å²) in [6.45, 7) is 14.6. The molecule has 8 heteroatoms. The summed E-state index contributed by atoms with van der Waals surface area (Å²) in [5, 5.41) is 0. The topological polar surface area (TPSA) is 84.6 Å². The second-order valence-corrected chi connectivity index (χ2v) is 10.3. The van der Waals surface area contributed by atoms with Crippen LogP contribution in [0.3, 0.4) is 0 Å². The number of nitrogens with zero attached hydrogens (tertiary/aromatic N) is 4. The van der Waals surface area contributed by atoms with Gasteiger partial charge in [0.15, 0.2) is 5.82 Å². The molecule has 1 aliphatic heterocycles. The Balaban J connectivity index is 1.73. The molecule has 0 saturated carbocycles. The van der Waals surface area contributed by atoms with Gasteiger partial charge in [0.2, 0.25) is 5.91 Å². The minimum absolute atomic E-state index is 0.121. The van der Waals surface area contributed by atoms with Crippen molar-refractivity contribution in [2.75, 3.05) is 31.1 Å². The predicted molar refractivity (Wildman–Crippen MR) is 149 cm³/mol. The number of aryl methyl sites for hydroxylation is 5. The van der Waals surface area contributed by atoms with Gasteiger partial charge in [0.05, 0.1) is 17.8 Å². The van der Waals surface area contributed by atoms with E-state index in [-0.39, 0.29) is 30.9 Å². The molecule has 1 amide bonds. The molecule has 0 radical (unpaired) electrons. The van der Waals surface area contributed by atoms with Crippen molar-refractivity contribution in [1.82, 2.24) is 14.9 Å². The zero-order valence-corrected chi connectivity index (χ0v) is 23.3. The molecular weight excluding hydrogens is 481 g/mol. The van der Waals surface area contributed by atoms with Gasteiger partial charge >= 0.3 is 0 Å². The number of halogens is 1. The van der Waals surface area contributed by atoms with Gasteiger partial charge in [-0.05, 0) is 75.4 Å². The molecule has 202 valence electrons. The average molecular weight is 520 g/mol. The molecule has 2 N–H and O–H groups in total. The minimum Gasteiger partial charge on any atom is -0.488 e. The number of hydrogen-bond donors (Lipinski definition) is 1. The van der Waals surface area contributed by atoms with Gasteiger partial charge in [-0.1, -0.05) is 25.1 Å². The number of carbonyl (C=O) groups excluding carboxylic acids is 1. The highest BCUT2D eigenvalue weighted by Crippen LogP contribution is 2.32. The number of aromatic nitrogens is 2. The van der Waals surface area contributed by atoms with E-state index in [4.69, 9.17) is 20.4 Å². The quantitative estimate of drug-likeness (QED) is 0.466. The first-order chi connectivity index (χ1) is 18.1. The minimum atomic E-state index is -0.323. The second-order valence-electron chi connectivity index (χ2n) is 10.3. The Bertz CT molecular complexity index is 1320. The van der Waals surface area contributed by atoms with E-state index in [0.29, 0.717) is 43.2 Å². The molecule has 1 aliphatic rings. The molecule has 38 heavy (non-hydrogen) atoms. The zero-order chi connectivity index (χ0) is 27.6. The number of benzene rings is 2. The van der Waals surface area contributed by atoms with Crippen LogP contribution in [-0.4, -0.2) is 53.0 Å². The number of primary amides is 1. The van der Waals surface area contributed by atoms with Gasteiger partial charge in [-0.2, -0.15) is 0 Å². The van der Waals surface area contributed by atoms with Crippen molar-refractivity contribution >= 4 is 11.7 Å². The maximum atomic E-state index is 14.3. The largest absolute Gasteiger partial charge is 0.488 e. The van der Waals surface area contributed by atoms with Gasteiger partial charge in [0, 0.05) is 31.2 Å². The van der Waals surface area contributed by atoms with Crippen LogP contribution in [0.2, 0.25) is 0 Å². The van der Waals surface area contributed by atoms with E-state index >= 15 is 0 Å². The van der Waals surface area contributed by atoms with Crippen LogP contribution < -0.4 is 15.4 Å². The molecule has 3 aromatic rings. The second kappa shape index (κ2) is 11.5. The molecule has 0 aliphatic carbocycles. The molecule has 1 fully saturated rings. The Morgan fingerprint density at radius 2 is 1.82 bits per heavy atom. The van der Waals surface area contributed by atoms with E-state index in [1.807, 2.05) is 26.8 Å². The standard InChI is InChI=1S/C30H38FN5O2/c1-7-23-14-26(20(4)13-25(23)31)38-17-24-22(6)33-29(28-18(2)9-8-10-19(28)3)34-30(24)36-12-11-35(16-27(32)37)21(5)15-36/h8-10,13-14,21H,7,11-12,15-17H2,1-6H3,(H2,32,37)/t21-/m1/s1. The lowest BCUT2D eigenvalue weighted by Gasteiger charge is -2.40. The first-order valence-electron chi connectivity index (χ1n) is 13.2. The van der Waals surface area contributed by atoms with E-state index in [1.54, 1.807) is 6.07 Å². The lowest BCUT2D eigenvalue weighted by molar-refractivity contribution is -0.119.